The molecule has 74 valence electrons. The standard InChI is InChI=1S/C12H20O/c1-3-9(2)12-8-10-6-4-5-7-11(10)13-12/h3,10-12H,4-8H2,1-2H3. The van der Waals surface area contributed by atoms with Crippen molar-refractivity contribution in [2.75, 3.05) is 0 Å². The molecular weight excluding hydrogens is 160 g/mol. The van der Waals surface area contributed by atoms with Crippen LogP contribution in [0.1, 0.15) is 46.0 Å². The van der Waals surface area contributed by atoms with Gasteiger partial charge in [-0.05, 0) is 44.6 Å². The van der Waals surface area contributed by atoms with Gasteiger partial charge in [0.25, 0.3) is 0 Å². The third-order valence-corrected chi connectivity index (χ3v) is 3.66. The number of rotatable bonds is 1. The van der Waals surface area contributed by atoms with Crippen LogP contribution in [0, 0.1) is 5.92 Å². The molecule has 13 heavy (non-hydrogen) atoms. The molecule has 0 amide bonds. The summed E-state index contributed by atoms with van der Waals surface area (Å²) in [5, 5.41) is 0. The second-order valence-corrected chi connectivity index (χ2v) is 4.48. The van der Waals surface area contributed by atoms with Crippen LogP contribution in [-0.4, -0.2) is 12.2 Å². The predicted octanol–water partition coefficient (Wildman–Crippen LogP) is 3.30. The summed E-state index contributed by atoms with van der Waals surface area (Å²) < 4.78 is 6.05. The predicted molar refractivity (Wildman–Crippen MR) is 54.7 cm³/mol. The summed E-state index contributed by atoms with van der Waals surface area (Å²) >= 11 is 0. The van der Waals surface area contributed by atoms with Gasteiger partial charge in [0.15, 0.2) is 0 Å². The Morgan fingerprint density at radius 1 is 1.31 bits per heavy atom. The molecule has 0 aromatic carbocycles. The lowest BCUT2D eigenvalue weighted by atomic mass is 9.85. The molecule has 1 saturated heterocycles. The molecule has 0 aromatic heterocycles. The van der Waals surface area contributed by atoms with Gasteiger partial charge in [-0.15, -0.1) is 0 Å². The van der Waals surface area contributed by atoms with Gasteiger partial charge in [-0.3, -0.25) is 0 Å². The van der Waals surface area contributed by atoms with Crippen molar-refractivity contribution in [3.8, 4) is 0 Å². The summed E-state index contributed by atoms with van der Waals surface area (Å²) in [5.74, 6) is 0.869. The average Bonchev–Trinajstić information content (AvgIpc) is 2.59. The minimum absolute atomic E-state index is 0.443. The lowest BCUT2D eigenvalue weighted by Crippen LogP contribution is -2.20. The zero-order chi connectivity index (χ0) is 9.26. The normalized spacial score (nSPS) is 40.5. The van der Waals surface area contributed by atoms with Crippen molar-refractivity contribution >= 4 is 0 Å². The quantitative estimate of drug-likeness (QED) is 0.563. The van der Waals surface area contributed by atoms with E-state index in [2.05, 4.69) is 19.9 Å². The highest BCUT2D eigenvalue weighted by Crippen LogP contribution is 2.39. The maximum absolute atomic E-state index is 6.05. The first-order valence-electron chi connectivity index (χ1n) is 5.59. The third-order valence-electron chi connectivity index (χ3n) is 3.66. The Labute approximate surface area is 81.2 Å². The Kier molecular flexibility index (Phi) is 2.73. The summed E-state index contributed by atoms with van der Waals surface area (Å²) in [6.07, 6.45) is 10.0. The summed E-state index contributed by atoms with van der Waals surface area (Å²) in [5.41, 5.74) is 1.43. The Morgan fingerprint density at radius 2 is 2.08 bits per heavy atom. The highest BCUT2D eigenvalue weighted by Gasteiger charge is 2.36. The molecule has 0 bridgehead atoms. The monoisotopic (exact) mass is 180 g/mol. The van der Waals surface area contributed by atoms with Crippen LogP contribution in [0.3, 0.4) is 0 Å². The highest BCUT2D eigenvalue weighted by molar-refractivity contribution is 5.07. The fourth-order valence-electron chi connectivity index (χ4n) is 2.64. The van der Waals surface area contributed by atoms with Crippen LogP contribution < -0.4 is 0 Å². The van der Waals surface area contributed by atoms with Crippen LogP contribution in [0.2, 0.25) is 0 Å². The molecule has 1 heterocycles. The lowest BCUT2D eigenvalue weighted by Gasteiger charge is -2.23. The van der Waals surface area contributed by atoms with Crippen LogP contribution in [0.25, 0.3) is 0 Å². The molecule has 0 N–H and O–H groups in total. The van der Waals surface area contributed by atoms with Crippen LogP contribution in [-0.2, 0) is 4.74 Å². The number of ether oxygens (including phenoxy) is 1. The lowest BCUT2D eigenvalue weighted by molar-refractivity contribution is 0.0340. The van der Waals surface area contributed by atoms with Crippen LogP contribution in [0.5, 0.6) is 0 Å². The summed E-state index contributed by atoms with van der Waals surface area (Å²) in [4.78, 5) is 0. The van der Waals surface area contributed by atoms with E-state index in [-0.39, 0.29) is 0 Å². The van der Waals surface area contributed by atoms with E-state index in [0.717, 1.165) is 5.92 Å². The van der Waals surface area contributed by atoms with Crippen LogP contribution in [0.4, 0.5) is 0 Å². The van der Waals surface area contributed by atoms with Crippen LogP contribution in [0.15, 0.2) is 11.6 Å². The van der Waals surface area contributed by atoms with Crippen molar-refractivity contribution in [1.29, 1.82) is 0 Å². The van der Waals surface area contributed by atoms with Crippen LogP contribution >= 0.6 is 0 Å². The van der Waals surface area contributed by atoms with Gasteiger partial charge in [-0.25, -0.2) is 0 Å². The molecule has 3 atom stereocenters. The van der Waals surface area contributed by atoms with Crippen molar-refractivity contribution in [1.82, 2.24) is 0 Å². The van der Waals surface area contributed by atoms with Crippen molar-refractivity contribution in [2.45, 2.75) is 58.2 Å². The maximum atomic E-state index is 6.05. The molecule has 2 fully saturated rings. The zero-order valence-corrected chi connectivity index (χ0v) is 8.75. The Morgan fingerprint density at radius 3 is 2.77 bits per heavy atom. The molecule has 1 nitrogen and oxygen atoms in total. The first kappa shape index (κ1) is 9.26. The topological polar surface area (TPSA) is 9.23 Å². The fourth-order valence-corrected chi connectivity index (χ4v) is 2.64. The number of allylic oxidation sites excluding steroid dienone is 1. The number of fused-ring (bicyclic) bond motifs is 1. The minimum Gasteiger partial charge on any atom is -0.370 e. The summed E-state index contributed by atoms with van der Waals surface area (Å²) in [7, 11) is 0. The number of hydrogen-bond acceptors (Lipinski definition) is 1. The Balaban J connectivity index is 1.98. The van der Waals surface area contributed by atoms with E-state index in [4.69, 9.17) is 4.74 Å². The van der Waals surface area contributed by atoms with E-state index in [9.17, 15) is 0 Å². The van der Waals surface area contributed by atoms with Gasteiger partial charge in [0.1, 0.15) is 0 Å². The van der Waals surface area contributed by atoms with Crippen molar-refractivity contribution in [2.24, 2.45) is 5.92 Å². The van der Waals surface area contributed by atoms with E-state index in [1.54, 1.807) is 0 Å². The minimum atomic E-state index is 0.443. The van der Waals surface area contributed by atoms with Gasteiger partial charge in [-0.1, -0.05) is 18.9 Å². The second kappa shape index (κ2) is 3.83. The largest absolute Gasteiger partial charge is 0.370 e. The smallest absolute Gasteiger partial charge is 0.0789 e. The van der Waals surface area contributed by atoms with Gasteiger partial charge >= 0.3 is 0 Å². The molecule has 0 aromatic rings. The van der Waals surface area contributed by atoms with E-state index in [0.29, 0.717) is 12.2 Å². The molecule has 1 heteroatoms. The molecule has 1 aliphatic heterocycles. The van der Waals surface area contributed by atoms with Gasteiger partial charge in [0, 0.05) is 0 Å². The molecule has 0 spiro atoms. The summed E-state index contributed by atoms with van der Waals surface area (Å²) in [6, 6.07) is 0. The molecule has 0 radical (unpaired) electrons. The number of hydrogen-bond donors (Lipinski definition) is 0. The van der Waals surface area contributed by atoms with Gasteiger partial charge < -0.3 is 4.74 Å². The average molecular weight is 180 g/mol. The third kappa shape index (κ3) is 1.80. The van der Waals surface area contributed by atoms with Crippen molar-refractivity contribution < 1.29 is 4.74 Å². The van der Waals surface area contributed by atoms with Gasteiger partial charge in [0.05, 0.1) is 12.2 Å². The fraction of sp³-hybridized carbons (Fsp3) is 0.833. The van der Waals surface area contributed by atoms with Crippen molar-refractivity contribution in [3.63, 3.8) is 0 Å². The van der Waals surface area contributed by atoms with E-state index in [1.807, 2.05) is 0 Å². The summed E-state index contributed by atoms with van der Waals surface area (Å²) in [6.45, 7) is 4.31. The first-order valence-corrected chi connectivity index (χ1v) is 5.59. The van der Waals surface area contributed by atoms with Gasteiger partial charge in [0.2, 0.25) is 0 Å². The molecule has 1 saturated carbocycles. The zero-order valence-electron chi connectivity index (χ0n) is 8.75. The second-order valence-electron chi connectivity index (χ2n) is 4.48. The van der Waals surface area contributed by atoms with E-state index >= 15 is 0 Å². The van der Waals surface area contributed by atoms with Gasteiger partial charge in [-0.2, -0.15) is 0 Å². The SMILES string of the molecule is CC=C(C)C1CC2CCCCC2O1. The highest BCUT2D eigenvalue weighted by atomic mass is 16.5. The Bertz CT molecular complexity index is 193. The maximum Gasteiger partial charge on any atom is 0.0789 e. The molecule has 2 rings (SSSR count). The Hall–Kier alpha value is -0.300. The molecule has 1 aliphatic carbocycles. The molecular formula is C12H20O. The molecule has 3 unspecified atom stereocenters. The van der Waals surface area contributed by atoms with E-state index < -0.39 is 0 Å². The first-order chi connectivity index (χ1) is 6.31. The molecule has 2 aliphatic rings. The van der Waals surface area contributed by atoms with Crippen molar-refractivity contribution in [3.05, 3.63) is 11.6 Å². The van der Waals surface area contributed by atoms with E-state index in [1.165, 1.54) is 37.7 Å².